The van der Waals surface area contributed by atoms with Gasteiger partial charge in [0.25, 0.3) is 0 Å². The van der Waals surface area contributed by atoms with Crippen molar-refractivity contribution in [2.75, 3.05) is 30.3 Å². The van der Waals surface area contributed by atoms with E-state index < -0.39 is 15.9 Å². The fraction of sp³-hybridized carbons (Fsp3) is 0.316. The van der Waals surface area contributed by atoms with Gasteiger partial charge in [-0.3, -0.25) is 9.10 Å². The van der Waals surface area contributed by atoms with Crippen molar-refractivity contribution >= 4 is 33.2 Å². The molecule has 0 saturated carbocycles. The zero-order valence-electron chi connectivity index (χ0n) is 15.5. The molecule has 2 rings (SSSR count). The summed E-state index contributed by atoms with van der Waals surface area (Å²) in [5, 5.41) is 3.06. The Morgan fingerprint density at radius 1 is 1.19 bits per heavy atom. The Labute approximate surface area is 165 Å². The first-order valence-corrected chi connectivity index (χ1v) is 10.6. The Morgan fingerprint density at radius 2 is 1.93 bits per heavy atom. The molecule has 27 heavy (non-hydrogen) atoms. The number of sulfonamides is 1. The number of nitrogens with zero attached hydrogens (tertiary/aromatic N) is 1. The van der Waals surface area contributed by atoms with Gasteiger partial charge in [-0.15, -0.1) is 0 Å². The normalized spacial score (nSPS) is 11.1. The minimum atomic E-state index is -3.63. The van der Waals surface area contributed by atoms with Gasteiger partial charge in [-0.2, -0.15) is 0 Å². The molecule has 0 atom stereocenters. The van der Waals surface area contributed by atoms with Crippen LogP contribution in [0, 0.1) is 13.8 Å². The third-order valence-electron chi connectivity index (χ3n) is 3.80. The van der Waals surface area contributed by atoms with Crippen LogP contribution in [-0.2, 0) is 14.8 Å². The van der Waals surface area contributed by atoms with Crippen molar-refractivity contribution in [2.24, 2.45) is 0 Å². The number of hydrogen-bond donors (Lipinski definition) is 1. The van der Waals surface area contributed by atoms with E-state index in [9.17, 15) is 13.2 Å². The van der Waals surface area contributed by atoms with Gasteiger partial charge in [-0.25, -0.2) is 8.42 Å². The number of carbonyl (C=O) groups is 1. The molecule has 6 nitrogen and oxygen atoms in total. The molecule has 0 unspecified atom stereocenters. The van der Waals surface area contributed by atoms with Gasteiger partial charge in [0.2, 0.25) is 15.9 Å². The molecule has 0 radical (unpaired) electrons. The van der Waals surface area contributed by atoms with Gasteiger partial charge in [0, 0.05) is 5.02 Å². The lowest BCUT2D eigenvalue weighted by atomic mass is 10.1. The summed E-state index contributed by atoms with van der Waals surface area (Å²) in [7, 11) is -3.63. The van der Waals surface area contributed by atoms with E-state index in [1.165, 1.54) is 6.07 Å². The minimum Gasteiger partial charge on any atom is -0.491 e. The van der Waals surface area contributed by atoms with Crippen LogP contribution in [0.15, 0.2) is 42.5 Å². The summed E-state index contributed by atoms with van der Waals surface area (Å²) < 4.78 is 30.7. The van der Waals surface area contributed by atoms with Crippen LogP contribution in [0.3, 0.4) is 0 Å². The number of carbonyl (C=O) groups excluding carboxylic acids is 1. The van der Waals surface area contributed by atoms with Crippen molar-refractivity contribution in [3.05, 3.63) is 58.6 Å². The summed E-state index contributed by atoms with van der Waals surface area (Å²) in [6, 6.07) is 12.2. The average Bonchev–Trinajstić information content (AvgIpc) is 2.57. The highest BCUT2D eigenvalue weighted by atomic mass is 35.5. The second-order valence-electron chi connectivity index (χ2n) is 6.22. The van der Waals surface area contributed by atoms with Gasteiger partial charge < -0.3 is 10.1 Å². The number of rotatable bonds is 8. The van der Waals surface area contributed by atoms with E-state index in [0.717, 1.165) is 27.4 Å². The second kappa shape index (κ2) is 9.10. The van der Waals surface area contributed by atoms with E-state index in [2.05, 4.69) is 5.32 Å². The fourth-order valence-corrected chi connectivity index (χ4v) is 3.56. The SMILES string of the molecule is Cc1ccc(OCCNC(=O)CN(c2cccc(Cl)c2)S(C)(=O)=O)c(C)c1. The standard InChI is InChI=1S/C19H23ClN2O4S/c1-14-7-8-18(15(2)11-14)26-10-9-21-19(23)13-22(27(3,24)25)17-6-4-5-16(20)12-17/h4-8,11-12H,9-10,13H2,1-3H3,(H,21,23). The number of aryl methyl sites for hydroxylation is 2. The molecular formula is C19H23ClN2O4S. The van der Waals surface area contributed by atoms with Crippen molar-refractivity contribution in [3.8, 4) is 5.75 Å². The van der Waals surface area contributed by atoms with Crippen LogP contribution in [0.5, 0.6) is 5.75 Å². The predicted octanol–water partition coefficient (Wildman–Crippen LogP) is 2.92. The lowest BCUT2D eigenvalue weighted by molar-refractivity contribution is -0.119. The molecule has 0 heterocycles. The summed E-state index contributed by atoms with van der Waals surface area (Å²) in [6.07, 6.45) is 1.05. The molecule has 2 aromatic rings. The lowest BCUT2D eigenvalue weighted by Crippen LogP contribution is -2.41. The highest BCUT2D eigenvalue weighted by molar-refractivity contribution is 7.92. The second-order valence-corrected chi connectivity index (χ2v) is 8.56. The van der Waals surface area contributed by atoms with E-state index in [0.29, 0.717) is 10.7 Å². The van der Waals surface area contributed by atoms with Crippen molar-refractivity contribution in [3.63, 3.8) is 0 Å². The predicted molar refractivity (Wildman–Crippen MR) is 108 cm³/mol. The van der Waals surface area contributed by atoms with Gasteiger partial charge in [0.05, 0.1) is 18.5 Å². The molecule has 2 aromatic carbocycles. The molecule has 0 bridgehead atoms. The van der Waals surface area contributed by atoms with Crippen molar-refractivity contribution in [2.45, 2.75) is 13.8 Å². The first-order valence-electron chi connectivity index (χ1n) is 8.37. The number of ether oxygens (including phenoxy) is 1. The zero-order chi connectivity index (χ0) is 20.0. The first-order chi connectivity index (χ1) is 12.7. The smallest absolute Gasteiger partial charge is 0.240 e. The maximum Gasteiger partial charge on any atom is 0.240 e. The summed E-state index contributed by atoms with van der Waals surface area (Å²) in [5.74, 6) is 0.330. The van der Waals surface area contributed by atoms with Crippen LogP contribution in [0.2, 0.25) is 5.02 Å². The average molecular weight is 411 g/mol. The van der Waals surface area contributed by atoms with Gasteiger partial charge >= 0.3 is 0 Å². The quantitative estimate of drug-likeness (QED) is 0.679. The minimum absolute atomic E-state index is 0.263. The van der Waals surface area contributed by atoms with E-state index in [-0.39, 0.29) is 19.7 Å². The maximum absolute atomic E-state index is 12.2. The highest BCUT2D eigenvalue weighted by Gasteiger charge is 2.20. The summed E-state index contributed by atoms with van der Waals surface area (Å²) in [4.78, 5) is 12.2. The fourth-order valence-electron chi connectivity index (χ4n) is 2.53. The Kier molecular flexibility index (Phi) is 7.10. The molecule has 0 aromatic heterocycles. The highest BCUT2D eigenvalue weighted by Crippen LogP contribution is 2.21. The molecule has 0 aliphatic carbocycles. The Morgan fingerprint density at radius 3 is 2.56 bits per heavy atom. The number of nitrogens with one attached hydrogen (secondary N) is 1. The van der Waals surface area contributed by atoms with Crippen molar-refractivity contribution < 1.29 is 17.9 Å². The molecule has 0 aliphatic heterocycles. The Balaban J connectivity index is 1.90. The van der Waals surface area contributed by atoms with Crippen LogP contribution in [-0.4, -0.2) is 40.3 Å². The summed E-state index contributed by atoms with van der Waals surface area (Å²) in [5.41, 5.74) is 2.51. The van der Waals surface area contributed by atoms with Crippen molar-refractivity contribution in [1.82, 2.24) is 5.32 Å². The monoisotopic (exact) mass is 410 g/mol. The molecule has 8 heteroatoms. The third kappa shape index (κ3) is 6.45. The lowest BCUT2D eigenvalue weighted by Gasteiger charge is -2.22. The van der Waals surface area contributed by atoms with E-state index in [4.69, 9.17) is 16.3 Å². The third-order valence-corrected chi connectivity index (χ3v) is 5.17. The van der Waals surface area contributed by atoms with Gasteiger partial charge in [-0.1, -0.05) is 35.4 Å². The number of benzene rings is 2. The van der Waals surface area contributed by atoms with Crippen LogP contribution in [0.25, 0.3) is 0 Å². The molecule has 0 fully saturated rings. The Bertz CT molecular complexity index is 916. The number of amides is 1. The molecule has 146 valence electrons. The summed E-state index contributed by atoms with van der Waals surface area (Å²) >= 11 is 5.92. The molecule has 1 N–H and O–H groups in total. The number of halogens is 1. The number of hydrogen-bond acceptors (Lipinski definition) is 4. The van der Waals surface area contributed by atoms with E-state index in [1.807, 2.05) is 32.0 Å². The molecule has 1 amide bonds. The zero-order valence-corrected chi connectivity index (χ0v) is 17.1. The largest absolute Gasteiger partial charge is 0.491 e. The molecule has 0 saturated heterocycles. The van der Waals surface area contributed by atoms with Gasteiger partial charge in [0.1, 0.15) is 18.9 Å². The number of anilines is 1. The van der Waals surface area contributed by atoms with E-state index >= 15 is 0 Å². The van der Waals surface area contributed by atoms with Crippen LogP contribution >= 0.6 is 11.6 Å². The Hall–Kier alpha value is -2.25. The van der Waals surface area contributed by atoms with Crippen LogP contribution < -0.4 is 14.4 Å². The van der Waals surface area contributed by atoms with Gasteiger partial charge in [0.15, 0.2) is 0 Å². The molecule has 0 aliphatic rings. The van der Waals surface area contributed by atoms with Crippen molar-refractivity contribution in [1.29, 1.82) is 0 Å². The molecular weight excluding hydrogens is 388 g/mol. The first kappa shape index (κ1) is 21.1. The van der Waals surface area contributed by atoms with Crippen LogP contribution in [0.4, 0.5) is 5.69 Å². The molecule has 0 spiro atoms. The maximum atomic E-state index is 12.2. The van der Waals surface area contributed by atoms with E-state index in [1.54, 1.807) is 18.2 Å². The van der Waals surface area contributed by atoms with Gasteiger partial charge in [-0.05, 0) is 43.7 Å². The summed E-state index contributed by atoms with van der Waals surface area (Å²) in [6.45, 7) is 4.17. The topological polar surface area (TPSA) is 75.7 Å². The van der Waals surface area contributed by atoms with Crippen LogP contribution in [0.1, 0.15) is 11.1 Å².